The summed E-state index contributed by atoms with van der Waals surface area (Å²) in [5.41, 5.74) is 0. The summed E-state index contributed by atoms with van der Waals surface area (Å²) in [5, 5.41) is 0. The molecule has 0 fully saturated rings. The van der Waals surface area contributed by atoms with Gasteiger partial charge in [-0.1, -0.05) is 0 Å². The average molecular weight is 135 g/mol. The van der Waals surface area contributed by atoms with Gasteiger partial charge < -0.3 is 11.0 Å². The topological polar surface area (TPSA) is 60.0 Å². The number of hydrogen-bond donors (Lipinski definition) is 0. The van der Waals surface area contributed by atoms with Crippen molar-refractivity contribution >= 4 is 0 Å². The van der Waals surface area contributed by atoms with Crippen LogP contribution in [0.3, 0.4) is 0 Å². The zero-order valence-corrected chi connectivity index (χ0v) is 12.1. The Bertz CT molecular complexity index is 7.61. The van der Waals surface area contributed by atoms with E-state index in [1.807, 2.05) is 0 Å². The van der Waals surface area contributed by atoms with Gasteiger partial charge in [-0.25, -0.2) is 0 Å². The minimum absolute atomic E-state index is 0. The molecule has 0 saturated heterocycles. The molecule has 2 N–H and O–H groups in total. The smallest absolute Gasteiger partial charge is 0.870 e. The fourth-order valence-corrected chi connectivity index (χ4v) is 0. The van der Waals surface area contributed by atoms with E-state index in [-0.39, 0.29) is 143 Å². The molecule has 0 aliphatic carbocycles. The van der Waals surface area contributed by atoms with Gasteiger partial charge in [0.2, 0.25) is 0 Å². The molecule has 0 rings (SSSR count). The molecule has 0 radical (unpaired) electrons. The molecule has 0 bridgehead atoms. The first-order valence-electron chi connectivity index (χ1n) is 0. The van der Waals surface area contributed by atoms with Crippen LogP contribution in [0.15, 0.2) is 0 Å². The van der Waals surface area contributed by atoms with Crippen LogP contribution >= 0.6 is 0 Å². The van der Waals surface area contributed by atoms with Crippen LogP contribution in [0.1, 0.15) is 0 Å². The Morgan fingerprint density at radius 3 is 0.600 bits per heavy atom. The van der Waals surface area contributed by atoms with E-state index in [0.717, 1.165) is 0 Å². The molecule has 0 saturated carbocycles. The van der Waals surface area contributed by atoms with Crippen molar-refractivity contribution in [1.82, 2.24) is 0 Å². The molecule has 0 spiro atoms. The summed E-state index contributed by atoms with van der Waals surface area (Å²) in [6.45, 7) is 0. The maximum Gasteiger partial charge on any atom is 1.00 e. The first kappa shape index (κ1) is 35.1. The summed E-state index contributed by atoms with van der Waals surface area (Å²) >= 11 is 0. The van der Waals surface area contributed by atoms with Crippen molar-refractivity contribution in [2.75, 3.05) is 0 Å². The SMILES string of the molecule is [K+].[K+].[Na+].[OH-].[OH-]. The number of rotatable bonds is 0. The molecule has 0 atom stereocenters. The zero-order chi connectivity index (χ0) is 0. The van der Waals surface area contributed by atoms with Crippen molar-refractivity contribution in [2.45, 2.75) is 0 Å². The molecule has 0 aliphatic heterocycles. The molecule has 0 heterocycles. The number of hydrogen-bond acceptors (Lipinski definition) is 2. The van der Waals surface area contributed by atoms with Gasteiger partial charge in [-0.15, -0.1) is 0 Å². The molecular formula is H2K2NaO2+. The van der Waals surface area contributed by atoms with Crippen molar-refractivity contribution in [3.63, 3.8) is 0 Å². The van der Waals surface area contributed by atoms with E-state index in [4.69, 9.17) is 0 Å². The summed E-state index contributed by atoms with van der Waals surface area (Å²) in [5.74, 6) is 0. The Morgan fingerprint density at radius 2 is 0.600 bits per heavy atom. The van der Waals surface area contributed by atoms with Gasteiger partial charge in [-0.3, -0.25) is 0 Å². The normalized spacial score (nSPS) is 0. The van der Waals surface area contributed by atoms with E-state index >= 15 is 0 Å². The van der Waals surface area contributed by atoms with Crippen molar-refractivity contribution in [3.8, 4) is 0 Å². The summed E-state index contributed by atoms with van der Waals surface area (Å²) in [4.78, 5) is 0. The van der Waals surface area contributed by atoms with E-state index < -0.39 is 0 Å². The van der Waals surface area contributed by atoms with Crippen LogP contribution in [0.4, 0.5) is 0 Å². The third-order valence-corrected chi connectivity index (χ3v) is 0. The average Bonchev–Trinajstić information content (AvgIpc) is 0. The fourth-order valence-electron chi connectivity index (χ4n) is 0. The zero-order valence-electron chi connectivity index (χ0n) is 3.89. The van der Waals surface area contributed by atoms with Crippen LogP contribution in [-0.2, 0) is 0 Å². The van der Waals surface area contributed by atoms with Gasteiger partial charge in [0.05, 0.1) is 0 Å². The summed E-state index contributed by atoms with van der Waals surface area (Å²) in [6, 6.07) is 0. The van der Waals surface area contributed by atoms with Gasteiger partial charge in [0.1, 0.15) is 0 Å². The second-order valence-corrected chi connectivity index (χ2v) is 0. The molecule has 0 aromatic rings. The monoisotopic (exact) mass is 135 g/mol. The summed E-state index contributed by atoms with van der Waals surface area (Å²) < 4.78 is 0. The van der Waals surface area contributed by atoms with Gasteiger partial charge in [-0.2, -0.15) is 0 Å². The van der Waals surface area contributed by atoms with Crippen LogP contribution in [-0.4, -0.2) is 11.0 Å². The largest absolute Gasteiger partial charge is 1.00 e. The Kier molecular flexibility index (Phi) is 169. The van der Waals surface area contributed by atoms with Gasteiger partial charge in [-0.05, 0) is 0 Å². The molecule has 2 nitrogen and oxygen atoms in total. The first-order chi connectivity index (χ1) is 0. The molecule has 16 valence electrons. The van der Waals surface area contributed by atoms with E-state index in [2.05, 4.69) is 0 Å². The Morgan fingerprint density at radius 1 is 0.600 bits per heavy atom. The molecular weight excluding hydrogens is 133 g/mol. The quantitative estimate of drug-likeness (QED) is 0.310. The molecule has 0 aromatic carbocycles. The van der Waals surface area contributed by atoms with Crippen molar-refractivity contribution in [2.24, 2.45) is 0 Å². The van der Waals surface area contributed by atoms with Crippen molar-refractivity contribution in [1.29, 1.82) is 0 Å². The third kappa shape index (κ3) is 17.9. The first-order valence-corrected chi connectivity index (χ1v) is 0. The fraction of sp³-hybridized carbons (Fsp3) is 0. The maximum atomic E-state index is 0. The summed E-state index contributed by atoms with van der Waals surface area (Å²) in [6.07, 6.45) is 0. The second-order valence-electron chi connectivity index (χ2n) is 0. The standard InChI is InChI=1S/2K.Na.2H2O/h;;;2*1H2/q3*+1;;/p-2. The molecule has 0 aliphatic rings. The maximum absolute atomic E-state index is 0. The minimum atomic E-state index is 0. The molecule has 0 amide bonds. The van der Waals surface area contributed by atoms with Gasteiger partial charge in [0, 0.05) is 0 Å². The van der Waals surface area contributed by atoms with Crippen molar-refractivity contribution < 1.29 is 143 Å². The minimum Gasteiger partial charge on any atom is -0.870 e. The van der Waals surface area contributed by atoms with Crippen LogP contribution < -0.4 is 132 Å². The van der Waals surface area contributed by atoms with E-state index in [9.17, 15) is 0 Å². The summed E-state index contributed by atoms with van der Waals surface area (Å²) in [7, 11) is 0. The van der Waals surface area contributed by atoms with Gasteiger partial charge in [0.25, 0.3) is 0 Å². The Labute approximate surface area is 139 Å². The Hall–Kier alpha value is 4.19. The van der Waals surface area contributed by atoms with Gasteiger partial charge in [0.15, 0.2) is 0 Å². The van der Waals surface area contributed by atoms with E-state index in [0.29, 0.717) is 0 Å². The molecule has 5 heteroatoms. The van der Waals surface area contributed by atoms with Crippen molar-refractivity contribution in [3.05, 3.63) is 0 Å². The molecule has 0 unspecified atom stereocenters. The van der Waals surface area contributed by atoms with Crippen LogP contribution in [0.2, 0.25) is 0 Å². The van der Waals surface area contributed by atoms with Crippen LogP contribution in [0.5, 0.6) is 0 Å². The van der Waals surface area contributed by atoms with Gasteiger partial charge >= 0.3 is 132 Å². The van der Waals surface area contributed by atoms with Crippen LogP contribution in [0.25, 0.3) is 0 Å². The second kappa shape index (κ2) is 24.1. The Balaban J connectivity index is 0. The van der Waals surface area contributed by atoms with Crippen LogP contribution in [0, 0.1) is 0 Å². The predicted octanol–water partition coefficient (Wildman–Crippen LogP) is -9.34. The third-order valence-electron chi connectivity index (χ3n) is 0. The van der Waals surface area contributed by atoms with E-state index in [1.165, 1.54) is 0 Å². The molecule has 0 aromatic heterocycles. The molecule has 5 heavy (non-hydrogen) atoms. The predicted molar refractivity (Wildman–Crippen MR) is 3.87 cm³/mol. The van der Waals surface area contributed by atoms with E-state index in [1.54, 1.807) is 0 Å².